The van der Waals surface area contributed by atoms with Gasteiger partial charge in [-0.05, 0) is 12.5 Å². The van der Waals surface area contributed by atoms with Crippen molar-refractivity contribution in [2.75, 3.05) is 58.9 Å². The largest absolute Gasteiger partial charge is 0.480 e. The summed E-state index contributed by atoms with van der Waals surface area (Å²) in [6, 6.07) is 8.19. The van der Waals surface area contributed by atoms with Crippen molar-refractivity contribution in [3.63, 3.8) is 0 Å². The molecule has 3 N–H and O–H groups in total. The second kappa shape index (κ2) is 12.7. The molecule has 0 saturated carbocycles. The van der Waals surface area contributed by atoms with Gasteiger partial charge in [0.15, 0.2) is 0 Å². The number of hydrogen-bond acceptors (Lipinski definition) is 7. The topological polar surface area (TPSA) is 125 Å². The molecule has 1 aliphatic rings. The highest BCUT2D eigenvalue weighted by Crippen LogP contribution is 2.09. The van der Waals surface area contributed by atoms with Gasteiger partial charge in [0.1, 0.15) is 13.1 Å². The van der Waals surface area contributed by atoms with Gasteiger partial charge in [-0.1, -0.05) is 29.8 Å². The van der Waals surface area contributed by atoms with Gasteiger partial charge in [-0.25, -0.2) is 0 Å². The van der Waals surface area contributed by atoms with Gasteiger partial charge in [0, 0.05) is 58.2 Å². The number of carboxylic acids is 3. The van der Waals surface area contributed by atoms with Crippen LogP contribution in [0.25, 0.3) is 0 Å². The van der Waals surface area contributed by atoms with Crippen LogP contribution in [0.1, 0.15) is 11.1 Å². The molecule has 0 radical (unpaired) electrons. The minimum atomic E-state index is -1.01. The molecular formula is C22H32N4O6. The number of carboxylic acid groups (broad SMARTS) is 3. The molecule has 0 atom stereocenters. The van der Waals surface area contributed by atoms with Crippen LogP contribution < -0.4 is 0 Å². The Labute approximate surface area is 187 Å². The molecule has 0 fully saturated rings. The number of aliphatic carboxylic acids is 3. The maximum Gasteiger partial charge on any atom is 0.323 e. The van der Waals surface area contributed by atoms with Gasteiger partial charge in [0.25, 0.3) is 0 Å². The molecule has 1 aromatic rings. The smallest absolute Gasteiger partial charge is 0.323 e. The lowest BCUT2D eigenvalue weighted by atomic mass is 10.1. The van der Waals surface area contributed by atoms with Gasteiger partial charge in [0.2, 0.25) is 0 Å². The Morgan fingerprint density at radius 2 is 1.12 bits per heavy atom. The van der Waals surface area contributed by atoms with Gasteiger partial charge in [-0.15, -0.1) is 0 Å². The van der Waals surface area contributed by atoms with Crippen molar-refractivity contribution in [1.29, 1.82) is 0 Å². The molecule has 1 heterocycles. The molecule has 0 spiro atoms. The van der Waals surface area contributed by atoms with E-state index in [0.717, 1.165) is 5.56 Å². The predicted molar refractivity (Wildman–Crippen MR) is 118 cm³/mol. The zero-order valence-corrected chi connectivity index (χ0v) is 18.4. The summed E-state index contributed by atoms with van der Waals surface area (Å²) in [5, 5.41) is 27.7. The zero-order chi connectivity index (χ0) is 23.5. The van der Waals surface area contributed by atoms with E-state index in [2.05, 4.69) is 17.0 Å². The van der Waals surface area contributed by atoms with E-state index in [1.54, 1.807) is 27.1 Å². The first-order valence-corrected chi connectivity index (χ1v) is 10.5. The SMILES string of the molecule is Cc1ccc(CN2CCN(CC(=O)O)/C=C\N(CC(=O)O)CCN(CC(=O)O)CC2)cc1. The average molecular weight is 449 g/mol. The summed E-state index contributed by atoms with van der Waals surface area (Å²) in [6.07, 6.45) is 3.17. The average Bonchev–Trinajstić information content (AvgIpc) is 2.70. The summed E-state index contributed by atoms with van der Waals surface area (Å²) < 4.78 is 0. The van der Waals surface area contributed by atoms with Crippen molar-refractivity contribution in [2.24, 2.45) is 0 Å². The molecule has 1 aliphatic heterocycles. The van der Waals surface area contributed by atoms with Gasteiger partial charge in [-0.2, -0.15) is 0 Å². The Morgan fingerprint density at radius 1 is 0.688 bits per heavy atom. The summed E-state index contributed by atoms with van der Waals surface area (Å²) in [5.74, 6) is -2.92. The van der Waals surface area contributed by atoms with E-state index in [0.29, 0.717) is 45.8 Å². The monoisotopic (exact) mass is 448 g/mol. The molecule has 10 nitrogen and oxygen atoms in total. The quantitative estimate of drug-likeness (QED) is 0.516. The van der Waals surface area contributed by atoms with Crippen LogP contribution in [0.3, 0.4) is 0 Å². The Balaban J connectivity index is 2.21. The first kappa shape index (κ1) is 25.2. The van der Waals surface area contributed by atoms with Crippen LogP contribution >= 0.6 is 0 Å². The molecule has 0 unspecified atom stereocenters. The van der Waals surface area contributed by atoms with Crippen LogP contribution in [0.4, 0.5) is 0 Å². The summed E-state index contributed by atoms with van der Waals surface area (Å²) >= 11 is 0. The van der Waals surface area contributed by atoms with Crippen molar-refractivity contribution < 1.29 is 29.7 Å². The molecule has 176 valence electrons. The lowest BCUT2D eigenvalue weighted by molar-refractivity contribution is -0.139. The number of hydrogen-bond donors (Lipinski definition) is 3. The van der Waals surface area contributed by atoms with Crippen molar-refractivity contribution in [1.82, 2.24) is 19.6 Å². The van der Waals surface area contributed by atoms with Crippen LogP contribution in [-0.2, 0) is 20.9 Å². The van der Waals surface area contributed by atoms with Crippen LogP contribution in [0.5, 0.6) is 0 Å². The number of rotatable bonds is 8. The normalized spacial score (nSPS) is 17.9. The lowest BCUT2D eigenvalue weighted by Crippen LogP contribution is -2.44. The second-order valence-electron chi connectivity index (χ2n) is 7.96. The van der Waals surface area contributed by atoms with Crippen molar-refractivity contribution in [2.45, 2.75) is 13.5 Å². The van der Waals surface area contributed by atoms with Gasteiger partial charge in [-0.3, -0.25) is 24.2 Å². The fourth-order valence-electron chi connectivity index (χ4n) is 3.45. The molecule has 0 aliphatic carbocycles. The maximum absolute atomic E-state index is 11.3. The van der Waals surface area contributed by atoms with E-state index >= 15 is 0 Å². The molecule has 2 rings (SSSR count). The summed E-state index contributed by atoms with van der Waals surface area (Å²) in [6.45, 7) is 4.92. The molecule has 0 saturated heterocycles. The Hall–Kier alpha value is -3.11. The third-order valence-electron chi connectivity index (χ3n) is 5.19. The lowest BCUT2D eigenvalue weighted by Gasteiger charge is -2.31. The van der Waals surface area contributed by atoms with Crippen LogP contribution in [0.15, 0.2) is 36.7 Å². The number of aryl methyl sites for hydroxylation is 1. The van der Waals surface area contributed by atoms with Gasteiger partial charge < -0.3 is 25.1 Å². The second-order valence-corrected chi connectivity index (χ2v) is 7.96. The van der Waals surface area contributed by atoms with E-state index in [9.17, 15) is 29.7 Å². The molecule has 10 heteroatoms. The highest BCUT2D eigenvalue weighted by molar-refractivity contribution is 5.70. The fourth-order valence-corrected chi connectivity index (χ4v) is 3.45. The summed E-state index contributed by atoms with van der Waals surface area (Å²) in [5.41, 5.74) is 2.29. The van der Waals surface area contributed by atoms with E-state index in [1.165, 1.54) is 5.56 Å². The predicted octanol–water partition coefficient (Wildman–Crippen LogP) is 0.442. The number of benzene rings is 1. The Kier molecular flexibility index (Phi) is 9.96. The molecule has 0 bridgehead atoms. The van der Waals surface area contributed by atoms with Crippen molar-refractivity contribution >= 4 is 17.9 Å². The third-order valence-corrected chi connectivity index (χ3v) is 5.19. The highest BCUT2D eigenvalue weighted by atomic mass is 16.4. The third kappa shape index (κ3) is 9.80. The number of carbonyl (C=O) groups is 3. The molecule has 0 amide bonds. The van der Waals surface area contributed by atoms with Crippen molar-refractivity contribution in [3.05, 3.63) is 47.8 Å². The van der Waals surface area contributed by atoms with E-state index < -0.39 is 17.9 Å². The first-order chi connectivity index (χ1) is 15.2. The summed E-state index contributed by atoms with van der Waals surface area (Å²) in [7, 11) is 0. The Morgan fingerprint density at radius 3 is 1.62 bits per heavy atom. The van der Waals surface area contributed by atoms with Gasteiger partial charge >= 0.3 is 17.9 Å². The standard InChI is InChI=1S/C22H32N4O6/c1-18-2-4-19(5-3-18)14-23-6-8-24(15-20(27)28)10-12-26(17-22(31)32)13-11-25(9-7-23)16-21(29)30/h2-5,10,12H,6-9,11,13-17H2,1H3,(H,27,28)(H,29,30)(H,31,32)/b12-10-. The van der Waals surface area contributed by atoms with Crippen LogP contribution in [-0.4, -0.2) is 112 Å². The van der Waals surface area contributed by atoms with E-state index in [4.69, 9.17) is 0 Å². The maximum atomic E-state index is 11.3. The van der Waals surface area contributed by atoms with Crippen LogP contribution in [0.2, 0.25) is 0 Å². The minimum absolute atomic E-state index is 0.131. The van der Waals surface area contributed by atoms with Gasteiger partial charge in [0.05, 0.1) is 6.54 Å². The Bertz CT molecular complexity index is 798. The minimum Gasteiger partial charge on any atom is -0.480 e. The summed E-state index contributed by atoms with van der Waals surface area (Å²) in [4.78, 5) is 41.0. The molecular weight excluding hydrogens is 416 g/mol. The highest BCUT2D eigenvalue weighted by Gasteiger charge is 2.17. The zero-order valence-electron chi connectivity index (χ0n) is 18.4. The molecule has 0 aromatic heterocycles. The van der Waals surface area contributed by atoms with E-state index in [1.807, 2.05) is 19.1 Å². The number of nitrogens with zero attached hydrogens (tertiary/aromatic N) is 4. The molecule has 1 aromatic carbocycles. The fraction of sp³-hybridized carbons (Fsp3) is 0.500. The first-order valence-electron chi connectivity index (χ1n) is 10.5. The van der Waals surface area contributed by atoms with Crippen LogP contribution in [0, 0.1) is 6.92 Å². The molecule has 32 heavy (non-hydrogen) atoms. The van der Waals surface area contributed by atoms with E-state index in [-0.39, 0.29) is 19.6 Å². The van der Waals surface area contributed by atoms with Crippen molar-refractivity contribution in [3.8, 4) is 0 Å².